The number of benzene rings is 2. The molecule has 7 heteroatoms. The van der Waals surface area contributed by atoms with Gasteiger partial charge in [0.25, 0.3) is 5.91 Å². The monoisotopic (exact) mass is 492 g/mol. The van der Waals surface area contributed by atoms with E-state index in [0.29, 0.717) is 47.1 Å². The van der Waals surface area contributed by atoms with Gasteiger partial charge in [-0.2, -0.15) is 0 Å². The zero-order valence-corrected chi connectivity index (χ0v) is 22.3. The maximum atomic E-state index is 13.8. The molecule has 0 aliphatic carbocycles. The number of ether oxygens (including phenoxy) is 2. The van der Waals surface area contributed by atoms with Crippen LogP contribution in [0.3, 0.4) is 0 Å². The van der Waals surface area contributed by atoms with Crippen LogP contribution in [0, 0.1) is 19.8 Å². The molecule has 0 unspecified atom stereocenters. The molecule has 1 aliphatic rings. The minimum absolute atomic E-state index is 0.129. The van der Waals surface area contributed by atoms with Gasteiger partial charge in [-0.3, -0.25) is 9.59 Å². The highest BCUT2D eigenvalue weighted by Gasteiger charge is 2.42. The molecular formula is C29H36N2O5. The molecule has 1 atom stereocenters. The Bertz CT molecular complexity index is 1340. The lowest BCUT2D eigenvalue weighted by Gasteiger charge is -2.26. The molecule has 0 saturated heterocycles. The van der Waals surface area contributed by atoms with Crippen LogP contribution in [0.25, 0.3) is 11.0 Å². The van der Waals surface area contributed by atoms with Crippen molar-refractivity contribution in [2.24, 2.45) is 5.92 Å². The van der Waals surface area contributed by atoms with E-state index in [1.807, 2.05) is 58.3 Å². The Morgan fingerprint density at radius 1 is 1.06 bits per heavy atom. The van der Waals surface area contributed by atoms with Gasteiger partial charge in [0.2, 0.25) is 5.76 Å². The number of aryl methyl sites for hydroxylation is 2. The second-order valence-electron chi connectivity index (χ2n) is 10.3. The normalized spacial score (nSPS) is 15.3. The van der Waals surface area contributed by atoms with E-state index < -0.39 is 6.04 Å². The summed E-state index contributed by atoms with van der Waals surface area (Å²) in [6.45, 7) is 9.98. The fourth-order valence-electron chi connectivity index (χ4n) is 4.64. The van der Waals surface area contributed by atoms with Gasteiger partial charge in [-0.1, -0.05) is 19.9 Å². The molecule has 0 fully saturated rings. The minimum Gasteiger partial charge on any atom is -0.493 e. The number of carbonyl (C=O) groups is 1. The van der Waals surface area contributed by atoms with Crippen LogP contribution in [0.5, 0.6) is 11.5 Å². The predicted octanol–water partition coefficient (Wildman–Crippen LogP) is 4.95. The number of rotatable bonds is 9. The van der Waals surface area contributed by atoms with Gasteiger partial charge in [0.1, 0.15) is 5.58 Å². The van der Waals surface area contributed by atoms with Crippen LogP contribution in [0.2, 0.25) is 0 Å². The van der Waals surface area contributed by atoms with E-state index in [4.69, 9.17) is 13.9 Å². The van der Waals surface area contributed by atoms with Crippen LogP contribution in [0.4, 0.5) is 0 Å². The van der Waals surface area contributed by atoms with Crippen molar-refractivity contribution in [1.82, 2.24) is 9.80 Å². The highest BCUT2D eigenvalue weighted by molar-refractivity contribution is 5.99. The quantitative estimate of drug-likeness (QED) is 0.421. The van der Waals surface area contributed by atoms with Gasteiger partial charge >= 0.3 is 0 Å². The van der Waals surface area contributed by atoms with E-state index in [0.717, 1.165) is 29.7 Å². The third kappa shape index (κ3) is 4.85. The SMILES string of the molecule is COc1cc([C@@H]2c3c(oc4cc(C)c(C)cc4c3=O)C(=O)N2CCCN(C)C)ccc1OCC(C)C. The molecule has 0 N–H and O–H groups in total. The zero-order valence-electron chi connectivity index (χ0n) is 22.3. The number of methoxy groups -OCH3 is 1. The second kappa shape index (κ2) is 10.3. The Morgan fingerprint density at radius 2 is 1.78 bits per heavy atom. The number of hydrogen-bond donors (Lipinski definition) is 0. The summed E-state index contributed by atoms with van der Waals surface area (Å²) in [5, 5.41) is 0.494. The predicted molar refractivity (Wildman–Crippen MR) is 141 cm³/mol. The molecule has 192 valence electrons. The number of hydrogen-bond acceptors (Lipinski definition) is 6. The Labute approximate surface area is 212 Å². The average molecular weight is 493 g/mol. The third-order valence-electron chi connectivity index (χ3n) is 6.66. The van der Waals surface area contributed by atoms with Crippen LogP contribution in [0.15, 0.2) is 39.5 Å². The smallest absolute Gasteiger partial charge is 0.290 e. The molecule has 7 nitrogen and oxygen atoms in total. The van der Waals surface area contributed by atoms with Gasteiger partial charge in [-0.15, -0.1) is 0 Å². The van der Waals surface area contributed by atoms with Gasteiger partial charge in [0, 0.05) is 6.54 Å². The van der Waals surface area contributed by atoms with Crippen LogP contribution in [-0.4, -0.2) is 56.6 Å². The van der Waals surface area contributed by atoms with Gasteiger partial charge in [-0.05, 0) is 87.8 Å². The Morgan fingerprint density at radius 3 is 2.44 bits per heavy atom. The van der Waals surface area contributed by atoms with Gasteiger partial charge in [-0.25, -0.2) is 0 Å². The molecule has 4 rings (SSSR count). The Hall–Kier alpha value is -3.32. The molecule has 0 saturated carbocycles. The van der Waals surface area contributed by atoms with E-state index in [1.165, 1.54) is 0 Å². The standard InChI is InChI=1S/C29H36N2O5/c1-17(2)16-35-22-10-9-20(15-24(22)34-7)26-25-27(32)21-13-18(3)19(4)14-23(21)36-28(25)29(33)31(26)12-8-11-30(5)6/h9-10,13-15,17,26H,8,11-12,16H2,1-7H3/t26-/m1/s1. The van der Waals surface area contributed by atoms with Gasteiger partial charge in [0.05, 0.1) is 30.7 Å². The Balaban J connectivity index is 1.86. The Kier molecular flexibility index (Phi) is 7.41. The summed E-state index contributed by atoms with van der Waals surface area (Å²) >= 11 is 0. The zero-order chi connectivity index (χ0) is 26.1. The van der Waals surface area contributed by atoms with Crippen molar-refractivity contribution in [1.29, 1.82) is 0 Å². The molecule has 2 heterocycles. The topological polar surface area (TPSA) is 72.2 Å². The molecule has 36 heavy (non-hydrogen) atoms. The van der Waals surface area contributed by atoms with Crippen molar-refractivity contribution in [2.75, 3.05) is 40.9 Å². The molecule has 1 amide bonds. The van der Waals surface area contributed by atoms with Crippen molar-refractivity contribution in [3.63, 3.8) is 0 Å². The average Bonchev–Trinajstić information content (AvgIpc) is 3.10. The maximum absolute atomic E-state index is 13.8. The molecule has 0 bridgehead atoms. The summed E-state index contributed by atoms with van der Waals surface area (Å²) in [6.07, 6.45) is 0.766. The molecule has 3 aromatic rings. The van der Waals surface area contributed by atoms with Crippen LogP contribution in [0.1, 0.15) is 59.1 Å². The molecular weight excluding hydrogens is 456 g/mol. The summed E-state index contributed by atoms with van der Waals surface area (Å²) in [5.74, 6) is 1.44. The number of nitrogens with zero attached hydrogens (tertiary/aromatic N) is 2. The molecule has 1 aromatic heterocycles. The summed E-state index contributed by atoms with van der Waals surface area (Å²) in [4.78, 5) is 31.3. The van der Waals surface area contributed by atoms with E-state index in [9.17, 15) is 9.59 Å². The summed E-state index contributed by atoms with van der Waals surface area (Å²) < 4.78 is 17.7. The first-order chi connectivity index (χ1) is 17.1. The third-order valence-corrected chi connectivity index (χ3v) is 6.66. The highest BCUT2D eigenvalue weighted by Crippen LogP contribution is 2.41. The molecule has 0 radical (unpaired) electrons. The molecule has 2 aromatic carbocycles. The van der Waals surface area contributed by atoms with Crippen molar-refractivity contribution in [2.45, 2.75) is 40.2 Å². The maximum Gasteiger partial charge on any atom is 0.290 e. The van der Waals surface area contributed by atoms with E-state index in [2.05, 4.69) is 18.7 Å². The highest BCUT2D eigenvalue weighted by atomic mass is 16.5. The molecule has 1 aliphatic heterocycles. The first-order valence-corrected chi connectivity index (χ1v) is 12.5. The fraction of sp³-hybridized carbons (Fsp3) is 0.448. The first-order valence-electron chi connectivity index (χ1n) is 12.5. The van der Waals surface area contributed by atoms with Crippen molar-refractivity contribution >= 4 is 16.9 Å². The molecule has 0 spiro atoms. The lowest BCUT2D eigenvalue weighted by Crippen LogP contribution is -2.32. The number of amides is 1. The lowest BCUT2D eigenvalue weighted by molar-refractivity contribution is 0.0722. The number of fused-ring (bicyclic) bond motifs is 2. The van der Waals surface area contributed by atoms with Crippen molar-refractivity contribution in [3.8, 4) is 11.5 Å². The first kappa shape index (κ1) is 25.8. The number of carbonyl (C=O) groups excluding carboxylic acids is 1. The van der Waals surface area contributed by atoms with Crippen molar-refractivity contribution in [3.05, 3.63) is 68.6 Å². The van der Waals surface area contributed by atoms with E-state index in [-0.39, 0.29) is 17.1 Å². The summed E-state index contributed by atoms with van der Waals surface area (Å²) in [7, 11) is 5.60. The van der Waals surface area contributed by atoms with Gasteiger partial charge in [0.15, 0.2) is 16.9 Å². The summed E-state index contributed by atoms with van der Waals surface area (Å²) in [6, 6.07) is 8.77. The lowest BCUT2D eigenvalue weighted by atomic mass is 9.97. The van der Waals surface area contributed by atoms with Crippen molar-refractivity contribution < 1.29 is 18.7 Å². The largest absolute Gasteiger partial charge is 0.493 e. The van der Waals surface area contributed by atoms with Gasteiger partial charge < -0.3 is 23.7 Å². The minimum atomic E-state index is -0.565. The van der Waals surface area contributed by atoms with Crippen LogP contribution >= 0.6 is 0 Å². The van der Waals surface area contributed by atoms with E-state index >= 15 is 0 Å². The van der Waals surface area contributed by atoms with E-state index in [1.54, 1.807) is 12.0 Å². The van der Waals surface area contributed by atoms with Crippen LogP contribution in [-0.2, 0) is 0 Å². The second-order valence-corrected chi connectivity index (χ2v) is 10.3. The van der Waals surface area contributed by atoms with Crippen LogP contribution < -0.4 is 14.9 Å². The summed E-state index contributed by atoms with van der Waals surface area (Å²) in [5.41, 5.74) is 3.47. The fourth-order valence-corrected chi connectivity index (χ4v) is 4.64.